The molecule has 2 heterocycles. The van der Waals surface area contributed by atoms with Crippen molar-refractivity contribution in [3.05, 3.63) is 56.7 Å². The van der Waals surface area contributed by atoms with Crippen molar-refractivity contribution in [2.75, 3.05) is 0 Å². The lowest BCUT2D eigenvalue weighted by atomic mass is 9.97. The Morgan fingerprint density at radius 2 is 2.00 bits per heavy atom. The topological polar surface area (TPSA) is 74.8 Å². The molecular formula is C21H21N3O2S2. The van der Waals surface area contributed by atoms with Crippen molar-refractivity contribution in [3.8, 4) is 0 Å². The monoisotopic (exact) mass is 411 g/mol. The van der Waals surface area contributed by atoms with E-state index in [0.29, 0.717) is 5.16 Å². The minimum absolute atomic E-state index is 0.0214. The fourth-order valence-electron chi connectivity index (χ4n) is 3.72. The third kappa shape index (κ3) is 3.49. The van der Waals surface area contributed by atoms with Crippen LogP contribution < -0.4 is 10.9 Å². The van der Waals surface area contributed by atoms with Crippen LogP contribution in [0.3, 0.4) is 0 Å². The molecule has 7 heteroatoms. The Kier molecular flexibility index (Phi) is 4.72. The van der Waals surface area contributed by atoms with Gasteiger partial charge < -0.3 is 10.3 Å². The molecule has 2 N–H and O–H groups in total. The molecular weight excluding hydrogens is 390 g/mol. The van der Waals surface area contributed by atoms with Crippen LogP contribution in [0.5, 0.6) is 0 Å². The second-order valence-electron chi connectivity index (χ2n) is 7.45. The average molecular weight is 412 g/mol. The highest BCUT2D eigenvalue weighted by atomic mass is 32.2. The van der Waals surface area contributed by atoms with Gasteiger partial charge in [-0.25, -0.2) is 4.98 Å². The van der Waals surface area contributed by atoms with Gasteiger partial charge in [0.15, 0.2) is 5.16 Å². The van der Waals surface area contributed by atoms with Gasteiger partial charge in [0.1, 0.15) is 10.1 Å². The fraction of sp³-hybridized carbons (Fsp3) is 0.381. The summed E-state index contributed by atoms with van der Waals surface area (Å²) in [6, 6.07) is 9.99. The molecule has 0 bridgehead atoms. The molecule has 1 atom stereocenters. The molecule has 28 heavy (non-hydrogen) atoms. The van der Waals surface area contributed by atoms with E-state index in [2.05, 4.69) is 10.3 Å². The predicted molar refractivity (Wildman–Crippen MR) is 113 cm³/mol. The minimum atomic E-state index is -0.433. The molecule has 5 nitrogen and oxygen atoms in total. The molecule has 1 aromatic carbocycles. The van der Waals surface area contributed by atoms with E-state index in [1.807, 2.05) is 30.3 Å². The average Bonchev–Trinajstić information content (AvgIpc) is 3.43. The fourth-order valence-corrected chi connectivity index (χ4v) is 6.02. The number of thioether (sulfide) groups is 1. The predicted octanol–water partition coefficient (Wildman–Crippen LogP) is 3.98. The van der Waals surface area contributed by atoms with E-state index in [9.17, 15) is 9.59 Å². The van der Waals surface area contributed by atoms with Gasteiger partial charge >= 0.3 is 0 Å². The van der Waals surface area contributed by atoms with E-state index in [0.717, 1.165) is 47.9 Å². The van der Waals surface area contributed by atoms with Gasteiger partial charge in [-0.1, -0.05) is 42.1 Å². The van der Waals surface area contributed by atoms with Crippen LogP contribution in [0, 0.1) is 0 Å². The normalized spacial score (nSPS) is 17.3. The Labute approximate surface area is 171 Å². The Morgan fingerprint density at radius 1 is 1.21 bits per heavy atom. The number of carbonyl (C=O) groups is 1. The largest absolute Gasteiger partial charge is 0.352 e. The first-order valence-corrected chi connectivity index (χ1v) is 11.4. The molecule has 0 saturated heterocycles. The first-order chi connectivity index (χ1) is 13.7. The second-order valence-corrected chi connectivity index (χ2v) is 9.63. The lowest BCUT2D eigenvalue weighted by Crippen LogP contribution is -2.30. The number of H-pyrrole nitrogens is 1. The Morgan fingerprint density at radius 3 is 2.79 bits per heavy atom. The van der Waals surface area contributed by atoms with Gasteiger partial charge in [0, 0.05) is 10.9 Å². The van der Waals surface area contributed by atoms with E-state index in [-0.39, 0.29) is 17.5 Å². The Balaban J connectivity index is 1.50. The zero-order chi connectivity index (χ0) is 19.1. The highest BCUT2D eigenvalue weighted by Crippen LogP contribution is 2.37. The Bertz CT molecular complexity index is 1090. The molecule has 3 aromatic rings. The van der Waals surface area contributed by atoms with Crippen LogP contribution in [-0.2, 0) is 17.6 Å². The molecule has 1 amide bonds. The number of fused-ring (bicyclic) bond motifs is 3. The van der Waals surface area contributed by atoms with Gasteiger partial charge in [-0.05, 0) is 49.7 Å². The number of hydrogen-bond donors (Lipinski definition) is 2. The van der Waals surface area contributed by atoms with Gasteiger partial charge in [0.05, 0.1) is 5.39 Å². The SMILES string of the molecule is O=C(NC1CC1)[C@H](Sc1nc2sc3c(c2c(=O)[nH]1)CCCC3)c1ccccc1. The van der Waals surface area contributed by atoms with Crippen LogP contribution in [0.4, 0.5) is 0 Å². The van der Waals surface area contributed by atoms with Crippen LogP contribution in [0.25, 0.3) is 10.2 Å². The van der Waals surface area contributed by atoms with Crippen LogP contribution in [0.1, 0.15) is 46.9 Å². The molecule has 2 aromatic heterocycles. The summed E-state index contributed by atoms with van der Waals surface area (Å²) < 4.78 is 0. The number of aryl methyl sites for hydroxylation is 2. The molecule has 144 valence electrons. The number of benzene rings is 1. The third-order valence-electron chi connectivity index (χ3n) is 5.30. The highest BCUT2D eigenvalue weighted by molar-refractivity contribution is 8.00. The van der Waals surface area contributed by atoms with Gasteiger partial charge in [-0.15, -0.1) is 11.3 Å². The lowest BCUT2D eigenvalue weighted by Gasteiger charge is -2.16. The zero-order valence-corrected chi connectivity index (χ0v) is 17.0. The summed E-state index contributed by atoms with van der Waals surface area (Å²) in [5.41, 5.74) is 2.02. The molecule has 1 saturated carbocycles. The summed E-state index contributed by atoms with van der Waals surface area (Å²) in [5.74, 6) is -0.0214. The van der Waals surface area contributed by atoms with Crippen LogP contribution in [0.2, 0.25) is 0 Å². The summed E-state index contributed by atoms with van der Waals surface area (Å²) in [5, 5.41) is 3.92. The van der Waals surface area contributed by atoms with Crippen molar-refractivity contribution in [2.24, 2.45) is 0 Å². The number of amides is 1. The lowest BCUT2D eigenvalue weighted by molar-refractivity contribution is -0.120. The van der Waals surface area contributed by atoms with Crippen molar-refractivity contribution in [2.45, 2.75) is 55.0 Å². The van der Waals surface area contributed by atoms with E-state index in [4.69, 9.17) is 4.98 Å². The van der Waals surface area contributed by atoms with Gasteiger partial charge in [-0.2, -0.15) is 0 Å². The number of nitrogens with zero attached hydrogens (tertiary/aromatic N) is 1. The number of aromatic amines is 1. The van der Waals surface area contributed by atoms with Crippen LogP contribution in [-0.4, -0.2) is 21.9 Å². The maximum Gasteiger partial charge on any atom is 0.260 e. The number of hydrogen-bond acceptors (Lipinski definition) is 5. The number of thiophene rings is 1. The summed E-state index contributed by atoms with van der Waals surface area (Å²) >= 11 is 2.96. The summed E-state index contributed by atoms with van der Waals surface area (Å²) in [7, 11) is 0. The smallest absolute Gasteiger partial charge is 0.260 e. The zero-order valence-electron chi connectivity index (χ0n) is 15.4. The molecule has 0 aliphatic heterocycles. The van der Waals surface area contributed by atoms with Gasteiger partial charge in [0.25, 0.3) is 5.56 Å². The van der Waals surface area contributed by atoms with Crippen molar-refractivity contribution < 1.29 is 4.79 Å². The molecule has 0 radical (unpaired) electrons. The Hall–Kier alpha value is -2.12. The summed E-state index contributed by atoms with van der Waals surface area (Å²) in [4.78, 5) is 35.4. The summed E-state index contributed by atoms with van der Waals surface area (Å²) in [6.07, 6.45) is 6.39. The maximum absolute atomic E-state index is 12.9. The minimum Gasteiger partial charge on any atom is -0.352 e. The van der Waals surface area contributed by atoms with E-state index in [1.54, 1.807) is 11.3 Å². The van der Waals surface area contributed by atoms with Crippen LogP contribution >= 0.6 is 23.1 Å². The first kappa shape index (κ1) is 17.9. The molecule has 1 fully saturated rings. The molecule has 0 unspecified atom stereocenters. The number of nitrogens with one attached hydrogen (secondary N) is 2. The van der Waals surface area contributed by atoms with E-state index >= 15 is 0 Å². The third-order valence-corrected chi connectivity index (χ3v) is 7.62. The number of carbonyl (C=O) groups excluding carboxylic acids is 1. The van der Waals surface area contributed by atoms with Crippen LogP contribution in [0.15, 0.2) is 40.3 Å². The molecule has 2 aliphatic carbocycles. The van der Waals surface area contributed by atoms with E-state index < -0.39 is 5.25 Å². The van der Waals surface area contributed by atoms with E-state index in [1.165, 1.54) is 28.6 Å². The highest BCUT2D eigenvalue weighted by Gasteiger charge is 2.30. The quantitative estimate of drug-likeness (QED) is 0.492. The van der Waals surface area contributed by atoms with Crippen molar-refractivity contribution in [1.82, 2.24) is 15.3 Å². The molecule has 5 rings (SSSR count). The number of rotatable bonds is 5. The van der Waals surface area contributed by atoms with Crippen molar-refractivity contribution in [1.29, 1.82) is 0 Å². The van der Waals surface area contributed by atoms with Crippen molar-refractivity contribution >= 4 is 39.2 Å². The molecule has 0 spiro atoms. The number of aromatic nitrogens is 2. The maximum atomic E-state index is 12.9. The van der Waals surface area contributed by atoms with Gasteiger partial charge in [-0.3, -0.25) is 9.59 Å². The first-order valence-electron chi connectivity index (χ1n) is 9.75. The van der Waals surface area contributed by atoms with Gasteiger partial charge in [0.2, 0.25) is 5.91 Å². The second kappa shape index (κ2) is 7.37. The molecule has 2 aliphatic rings. The summed E-state index contributed by atoms with van der Waals surface area (Å²) in [6.45, 7) is 0. The standard InChI is InChI=1S/C21H21N3O2S2/c25-18-16-14-8-4-5-9-15(14)27-20(16)24-21(23-18)28-17(12-6-2-1-3-7-12)19(26)22-13-10-11-13/h1-3,6-7,13,17H,4-5,8-11H2,(H,22,26)(H,23,24,25)/t17-/m1/s1. The van der Waals surface area contributed by atoms with Crippen molar-refractivity contribution in [3.63, 3.8) is 0 Å².